The molecule has 4 nitrogen and oxygen atoms in total. The molecule has 0 saturated carbocycles. The molecule has 0 amide bonds. The summed E-state index contributed by atoms with van der Waals surface area (Å²) in [5.41, 5.74) is 2.77. The average molecular weight is 457 g/mol. The van der Waals surface area contributed by atoms with E-state index in [-0.39, 0.29) is 29.8 Å². The van der Waals surface area contributed by atoms with Crippen LogP contribution in [-0.2, 0) is 13.1 Å². The SMILES string of the molecule is CCOc1cccc(CNC(=NC)NCc2ccc(F)c(C)c2)c1.I. The highest BCUT2D eigenvalue weighted by Crippen LogP contribution is 2.13. The van der Waals surface area contributed by atoms with Crippen molar-refractivity contribution >= 4 is 29.9 Å². The monoisotopic (exact) mass is 457 g/mol. The molecule has 0 unspecified atom stereocenters. The van der Waals surface area contributed by atoms with Crippen LogP contribution >= 0.6 is 24.0 Å². The summed E-state index contributed by atoms with van der Waals surface area (Å²) in [5.74, 6) is 1.37. The van der Waals surface area contributed by atoms with E-state index in [9.17, 15) is 4.39 Å². The molecule has 0 aromatic heterocycles. The molecule has 0 spiro atoms. The Labute approximate surface area is 165 Å². The highest BCUT2D eigenvalue weighted by molar-refractivity contribution is 14.0. The number of halogens is 2. The average Bonchev–Trinajstić information content (AvgIpc) is 2.59. The van der Waals surface area contributed by atoms with E-state index in [1.165, 1.54) is 6.07 Å². The Morgan fingerprint density at radius 3 is 2.36 bits per heavy atom. The standard InChI is InChI=1S/C19H24FN3O.HI/c1-4-24-17-7-5-6-15(11-17)12-22-19(21-3)23-13-16-8-9-18(20)14(2)10-16;/h5-11H,4,12-13H2,1-3H3,(H2,21,22,23);1H. The van der Waals surface area contributed by atoms with Gasteiger partial charge in [-0.2, -0.15) is 0 Å². The molecule has 6 heteroatoms. The quantitative estimate of drug-likeness (QED) is 0.392. The number of hydrogen-bond acceptors (Lipinski definition) is 2. The van der Waals surface area contributed by atoms with Crippen LogP contribution in [0, 0.1) is 12.7 Å². The lowest BCUT2D eigenvalue weighted by molar-refractivity contribution is 0.340. The predicted octanol–water partition coefficient (Wildman–Crippen LogP) is 4.02. The molecule has 0 aliphatic carbocycles. The Bertz CT molecular complexity index is 707. The molecule has 0 aliphatic heterocycles. The summed E-state index contributed by atoms with van der Waals surface area (Å²) in [7, 11) is 1.72. The molecule has 0 bridgehead atoms. The van der Waals surface area contributed by atoms with E-state index in [0.29, 0.717) is 31.2 Å². The first kappa shape index (κ1) is 21.2. The Morgan fingerprint density at radius 2 is 1.76 bits per heavy atom. The molecule has 2 aromatic rings. The zero-order valence-corrected chi connectivity index (χ0v) is 17.1. The van der Waals surface area contributed by atoms with E-state index in [1.807, 2.05) is 37.3 Å². The molecule has 0 saturated heterocycles. The van der Waals surface area contributed by atoms with Crippen molar-refractivity contribution in [3.63, 3.8) is 0 Å². The van der Waals surface area contributed by atoms with Gasteiger partial charge in [-0.1, -0.05) is 24.3 Å². The summed E-state index contributed by atoms with van der Waals surface area (Å²) in [4.78, 5) is 4.21. The minimum absolute atomic E-state index is 0. The maximum atomic E-state index is 13.3. The van der Waals surface area contributed by atoms with Crippen molar-refractivity contribution in [1.82, 2.24) is 10.6 Å². The summed E-state index contributed by atoms with van der Waals surface area (Å²) in [6.45, 7) is 5.60. The third-order valence-corrected chi connectivity index (χ3v) is 3.58. The van der Waals surface area contributed by atoms with Gasteiger partial charge in [0, 0.05) is 20.1 Å². The Balaban J connectivity index is 0.00000312. The largest absolute Gasteiger partial charge is 0.494 e. The van der Waals surface area contributed by atoms with Gasteiger partial charge in [-0.15, -0.1) is 24.0 Å². The lowest BCUT2D eigenvalue weighted by Crippen LogP contribution is -2.36. The molecule has 2 aromatic carbocycles. The van der Waals surface area contributed by atoms with E-state index in [4.69, 9.17) is 4.74 Å². The van der Waals surface area contributed by atoms with Gasteiger partial charge >= 0.3 is 0 Å². The summed E-state index contributed by atoms with van der Waals surface area (Å²) < 4.78 is 18.8. The van der Waals surface area contributed by atoms with Crippen molar-refractivity contribution in [2.75, 3.05) is 13.7 Å². The zero-order valence-electron chi connectivity index (χ0n) is 14.8. The number of benzene rings is 2. The van der Waals surface area contributed by atoms with Gasteiger partial charge in [0.15, 0.2) is 5.96 Å². The van der Waals surface area contributed by atoms with Crippen LogP contribution in [0.2, 0.25) is 0 Å². The van der Waals surface area contributed by atoms with Crippen molar-refractivity contribution in [3.8, 4) is 5.75 Å². The fourth-order valence-corrected chi connectivity index (χ4v) is 2.32. The van der Waals surface area contributed by atoms with Crippen LogP contribution in [0.15, 0.2) is 47.5 Å². The number of nitrogens with one attached hydrogen (secondary N) is 2. The normalized spacial score (nSPS) is 10.8. The number of aliphatic imine (C=N–C) groups is 1. The first-order valence-electron chi connectivity index (χ1n) is 8.03. The van der Waals surface area contributed by atoms with Gasteiger partial charge in [-0.05, 0) is 48.7 Å². The maximum Gasteiger partial charge on any atom is 0.191 e. The van der Waals surface area contributed by atoms with Gasteiger partial charge in [0.05, 0.1) is 6.61 Å². The zero-order chi connectivity index (χ0) is 17.4. The topological polar surface area (TPSA) is 45.6 Å². The number of hydrogen-bond donors (Lipinski definition) is 2. The van der Waals surface area contributed by atoms with E-state index in [0.717, 1.165) is 16.9 Å². The van der Waals surface area contributed by atoms with E-state index in [2.05, 4.69) is 15.6 Å². The van der Waals surface area contributed by atoms with Crippen molar-refractivity contribution in [3.05, 3.63) is 65.0 Å². The molecule has 0 atom stereocenters. The minimum atomic E-state index is -0.185. The van der Waals surface area contributed by atoms with E-state index >= 15 is 0 Å². The minimum Gasteiger partial charge on any atom is -0.494 e. The predicted molar refractivity (Wildman–Crippen MR) is 111 cm³/mol. The second-order valence-electron chi connectivity index (χ2n) is 5.44. The second kappa shape index (κ2) is 10.9. The van der Waals surface area contributed by atoms with Gasteiger partial charge in [0.25, 0.3) is 0 Å². The summed E-state index contributed by atoms with van der Waals surface area (Å²) in [6.07, 6.45) is 0. The molecule has 25 heavy (non-hydrogen) atoms. The maximum absolute atomic E-state index is 13.3. The van der Waals surface area contributed by atoms with Crippen LogP contribution in [0.3, 0.4) is 0 Å². The first-order chi connectivity index (χ1) is 11.6. The Kier molecular flexibility index (Phi) is 9.26. The second-order valence-corrected chi connectivity index (χ2v) is 5.44. The fourth-order valence-electron chi connectivity index (χ4n) is 2.32. The Hall–Kier alpha value is -1.83. The van der Waals surface area contributed by atoms with Gasteiger partial charge in [-0.3, -0.25) is 4.99 Å². The summed E-state index contributed by atoms with van der Waals surface area (Å²) in [5, 5.41) is 6.49. The van der Waals surface area contributed by atoms with Crippen LogP contribution in [-0.4, -0.2) is 19.6 Å². The molecule has 2 rings (SSSR count). The molecule has 0 fully saturated rings. The van der Waals surface area contributed by atoms with Crippen molar-refractivity contribution < 1.29 is 9.13 Å². The first-order valence-corrected chi connectivity index (χ1v) is 8.03. The number of ether oxygens (including phenoxy) is 1. The number of rotatable bonds is 6. The molecule has 0 radical (unpaired) electrons. The molecular formula is C19H25FIN3O. The van der Waals surface area contributed by atoms with Crippen molar-refractivity contribution in [2.45, 2.75) is 26.9 Å². The van der Waals surface area contributed by atoms with Gasteiger partial charge < -0.3 is 15.4 Å². The van der Waals surface area contributed by atoms with E-state index < -0.39 is 0 Å². The van der Waals surface area contributed by atoms with Crippen LogP contribution in [0.4, 0.5) is 4.39 Å². The third kappa shape index (κ3) is 6.89. The van der Waals surface area contributed by atoms with Crippen LogP contribution in [0.25, 0.3) is 0 Å². The highest BCUT2D eigenvalue weighted by Gasteiger charge is 2.02. The van der Waals surface area contributed by atoms with Crippen molar-refractivity contribution in [2.24, 2.45) is 4.99 Å². The lowest BCUT2D eigenvalue weighted by atomic mass is 10.1. The van der Waals surface area contributed by atoms with Crippen LogP contribution < -0.4 is 15.4 Å². The highest BCUT2D eigenvalue weighted by atomic mass is 127. The number of nitrogens with zero attached hydrogens (tertiary/aromatic N) is 1. The molecular weight excluding hydrogens is 432 g/mol. The van der Waals surface area contributed by atoms with Gasteiger partial charge in [-0.25, -0.2) is 4.39 Å². The van der Waals surface area contributed by atoms with Crippen molar-refractivity contribution in [1.29, 1.82) is 0 Å². The Morgan fingerprint density at radius 1 is 1.08 bits per heavy atom. The van der Waals surface area contributed by atoms with Crippen LogP contribution in [0.1, 0.15) is 23.6 Å². The molecule has 2 N–H and O–H groups in total. The number of guanidine groups is 1. The molecule has 0 aliphatic rings. The third-order valence-electron chi connectivity index (χ3n) is 3.58. The van der Waals surface area contributed by atoms with Gasteiger partial charge in [0.2, 0.25) is 0 Å². The van der Waals surface area contributed by atoms with Crippen LogP contribution in [0.5, 0.6) is 5.75 Å². The van der Waals surface area contributed by atoms with Gasteiger partial charge in [0.1, 0.15) is 11.6 Å². The number of aryl methyl sites for hydroxylation is 1. The summed E-state index contributed by atoms with van der Waals surface area (Å²) in [6, 6.07) is 13.0. The lowest BCUT2D eigenvalue weighted by Gasteiger charge is -2.13. The fraction of sp³-hybridized carbons (Fsp3) is 0.316. The van der Waals surface area contributed by atoms with E-state index in [1.54, 1.807) is 20.0 Å². The smallest absolute Gasteiger partial charge is 0.191 e. The molecule has 0 heterocycles. The summed E-state index contributed by atoms with van der Waals surface area (Å²) >= 11 is 0. The molecule has 136 valence electrons.